The fourth-order valence-electron chi connectivity index (χ4n) is 2.64. The molecule has 1 aliphatic heterocycles. The van der Waals surface area contributed by atoms with Gasteiger partial charge in [-0.25, -0.2) is 0 Å². The Kier molecular flexibility index (Phi) is 3.44. The minimum atomic E-state index is -0.233. The highest BCUT2D eigenvalue weighted by atomic mass is 16.6. The third-order valence-electron chi connectivity index (χ3n) is 4.15. The number of fused-ring (bicyclic) bond motifs is 1. The molecule has 2 aliphatic rings. The summed E-state index contributed by atoms with van der Waals surface area (Å²) in [7, 11) is 0. The SMILES string of the molecule is C[C@H](NC(=O)c1cc(C2CC2)on1)c1ccc2c(c1)OCCO2. The zero-order valence-corrected chi connectivity index (χ0v) is 12.9. The molecule has 120 valence electrons. The van der Waals surface area contributed by atoms with Crippen LogP contribution in [0.4, 0.5) is 0 Å². The van der Waals surface area contributed by atoms with Crippen molar-refractivity contribution in [2.75, 3.05) is 13.2 Å². The van der Waals surface area contributed by atoms with Crippen molar-refractivity contribution in [1.29, 1.82) is 0 Å². The second-order valence-electron chi connectivity index (χ2n) is 5.99. The Bertz CT molecular complexity index is 736. The number of nitrogens with zero attached hydrogens (tertiary/aromatic N) is 1. The predicted molar refractivity (Wildman–Crippen MR) is 81.8 cm³/mol. The Morgan fingerprint density at radius 1 is 1.22 bits per heavy atom. The van der Waals surface area contributed by atoms with Gasteiger partial charge in [0.1, 0.15) is 19.0 Å². The van der Waals surface area contributed by atoms with Crippen molar-refractivity contribution in [3.8, 4) is 11.5 Å². The summed E-state index contributed by atoms with van der Waals surface area (Å²) >= 11 is 0. The third-order valence-corrected chi connectivity index (χ3v) is 4.15. The van der Waals surface area contributed by atoms with Crippen molar-refractivity contribution >= 4 is 5.91 Å². The average Bonchev–Trinajstić information content (AvgIpc) is 3.31. The van der Waals surface area contributed by atoms with Crippen LogP contribution in [-0.4, -0.2) is 24.3 Å². The van der Waals surface area contributed by atoms with E-state index in [2.05, 4.69) is 10.5 Å². The maximum absolute atomic E-state index is 12.3. The second kappa shape index (κ2) is 5.61. The number of amides is 1. The van der Waals surface area contributed by atoms with Gasteiger partial charge in [0.15, 0.2) is 17.2 Å². The first-order valence-electron chi connectivity index (χ1n) is 7.88. The lowest BCUT2D eigenvalue weighted by molar-refractivity contribution is 0.0930. The number of benzene rings is 1. The van der Waals surface area contributed by atoms with Crippen molar-refractivity contribution in [1.82, 2.24) is 10.5 Å². The van der Waals surface area contributed by atoms with Crippen LogP contribution in [0.25, 0.3) is 0 Å². The molecule has 1 amide bonds. The van der Waals surface area contributed by atoms with E-state index in [9.17, 15) is 4.79 Å². The lowest BCUT2D eigenvalue weighted by Gasteiger charge is -2.20. The molecule has 1 atom stereocenters. The number of carbonyl (C=O) groups is 1. The Morgan fingerprint density at radius 3 is 2.78 bits per heavy atom. The molecule has 0 saturated heterocycles. The predicted octanol–water partition coefficient (Wildman–Crippen LogP) is 2.81. The topological polar surface area (TPSA) is 73.6 Å². The van der Waals surface area contributed by atoms with Crippen LogP contribution in [0.15, 0.2) is 28.8 Å². The van der Waals surface area contributed by atoms with Crippen LogP contribution >= 0.6 is 0 Å². The van der Waals surface area contributed by atoms with Gasteiger partial charge < -0.3 is 19.3 Å². The monoisotopic (exact) mass is 314 g/mol. The first-order valence-corrected chi connectivity index (χ1v) is 7.88. The molecule has 1 fully saturated rings. The van der Waals surface area contributed by atoms with Crippen LogP contribution in [0.2, 0.25) is 0 Å². The molecule has 0 radical (unpaired) electrons. The summed E-state index contributed by atoms with van der Waals surface area (Å²) in [5.41, 5.74) is 1.28. The Morgan fingerprint density at radius 2 is 2.00 bits per heavy atom. The van der Waals surface area contributed by atoms with E-state index in [1.165, 1.54) is 0 Å². The first kappa shape index (κ1) is 14.1. The summed E-state index contributed by atoms with van der Waals surface area (Å²) < 4.78 is 16.3. The smallest absolute Gasteiger partial charge is 0.273 e. The molecule has 2 aromatic rings. The highest BCUT2D eigenvalue weighted by Crippen LogP contribution is 2.40. The molecule has 2 heterocycles. The highest BCUT2D eigenvalue weighted by molar-refractivity contribution is 5.92. The van der Waals surface area contributed by atoms with E-state index in [4.69, 9.17) is 14.0 Å². The lowest BCUT2D eigenvalue weighted by atomic mass is 10.1. The highest BCUT2D eigenvalue weighted by Gasteiger charge is 2.29. The molecule has 0 unspecified atom stereocenters. The van der Waals surface area contributed by atoms with Crippen LogP contribution in [0.1, 0.15) is 53.5 Å². The zero-order chi connectivity index (χ0) is 15.8. The van der Waals surface area contributed by atoms with Gasteiger partial charge in [0.25, 0.3) is 5.91 Å². The van der Waals surface area contributed by atoms with E-state index < -0.39 is 0 Å². The summed E-state index contributed by atoms with van der Waals surface area (Å²) in [5.74, 6) is 2.47. The number of aromatic nitrogens is 1. The summed E-state index contributed by atoms with van der Waals surface area (Å²) in [5, 5.41) is 6.80. The maximum atomic E-state index is 12.3. The number of hydrogen-bond acceptors (Lipinski definition) is 5. The van der Waals surface area contributed by atoms with Crippen molar-refractivity contribution in [2.45, 2.75) is 31.7 Å². The van der Waals surface area contributed by atoms with E-state index in [1.807, 2.05) is 25.1 Å². The van der Waals surface area contributed by atoms with Crippen LogP contribution in [0.5, 0.6) is 11.5 Å². The fraction of sp³-hybridized carbons (Fsp3) is 0.412. The molecule has 1 aliphatic carbocycles. The summed E-state index contributed by atoms with van der Waals surface area (Å²) in [6, 6.07) is 7.27. The van der Waals surface area contributed by atoms with Crippen LogP contribution in [-0.2, 0) is 0 Å². The van der Waals surface area contributed by atoms with E-state index in [-0.39, 0.29) is 11.9 Å². The van der Waals surface area contributed by atoms with Crippen LogP contribution in [0.3, 0.4) is 0 Å². The normalized spacial score (nSPS) is 17.6. The van der Waals surface area contributed by atoms with Gasteiger partial charge in [0, 0.05) is 12.0 Å². The third kappa shape index (κ3) is 2.88. The molecule has 1 aromatic carbocycles. The van der Waals surface area contributed by atoms with Crippen molar-refractivity contribution in [2.24, 2.45) is 0 Å². The molecule has 0 bridgehead atoms. The lowest BCUT2D eigenvalue weighted by Crippen LogP contribution is -2.27. The van der Waals surface area contributed by atoms with Gasteiger partial charge in [0.2, 0.25) is 0 Å². The fourth-order valence-corrected chi connectivity index (χ4v) is 2.64. The molecule has 1 saturated carbocycles. The van der Waals surface area contributed by atoms with E-state index in [0.29, 0.717) is 30.6 Å². The molecule has 1 N–H and O–H groups in total. The van der Waals surface area contributed by atoms with Crippen LogP contribution < -0.4 is 14.8 Å². The number of hydrogen-bond donors (Lipinski definition) is 1. The largest absolute Gasteiger partial charge is 0.486 e. The standard InChI is InChI=1S/C17H18N2O4/c1-10(12-4-5-14-16(8-12)22-7-6-21-14)18-17(20)13-9-15(23-19-13)11-2-3-11/h4-5,8-11H,2-3,6-7H2,1H3,(H,18,20)/t10-/m0/s1. The second-order valence-corrected chi connectivity index (χ2v) is 5.99. The number of carbonyl (C=O) groups excluding carboxylic acids is 1. The van der Waals surface area contributed by atoms with Gasteiger partial charge in [-0.1, -0.05) is 11.2 Å². The summed E-state index contributed by atoms with van der Waals surface area (Å²) in [4.78, 5) is 12.3. The average molecular weight is 314 g/mol. The Hall–Kier alpha value is -2.50. The van der Waals surface area contributed by atoms with Gasteiger partial charge >= 0.3 is 0 Å². The minimum Gasteiger partial charge on any atom is -0.486 e. The molecule has 6 heteroatoms. The molecular formula is C17H18N2O4. The van der Waals surface area contributed by atoms with Gasteiger partial charge in [-0.2, -0.15) is 0 Å². The minimum absolute atomic E-state index is 0.167. The van der Waals surface area contributed by atoms with Gasteiger partial charge in [-0.3, -0.25) is 4.79 Å². The van der Waals surface area contributed by atoms with E-state index in [1.54, 1.807) is 6.07 Å². The molecular weight excluding hydrogens is 296 g/mol. The maximum Gasteiger partial charge on any atom is 0.273 e. The van der Waals surface area contributed by atoms with Gasteiger partial charge in [-0.05, 0) is 37.5 Å². The Labute approximate surface area is 133 Å². The van der Waals surface area contributed by atoms with E-state index >= 15 is 0 Å². The van der Waals surface area contributed by atoms with Crippen molar-refractivity contribution in [3.63, 3.8) is 0 Å². The molecule has 4 rings (SSSR count). The molecule has 6 nitrogen and oxygen atoms in total. The van der Waals surface area contributed by atoms with Gasteiger partial charge in [-0.15, -0.1) is 0 Å². The summed E-state index contributed by atoms with van der Waals surface area (Å²) in [6.45, 7) is 3.03. The molecule has 23 heavy (non-hydrogen) atoms. The van der Waals surface area contributed by atoms with Crippen LogP contribution in [0, 0.1) is 0 Å². The number of nitrogens with one attached hydrogen (secondary N) is 1. The first-order chi connectivity index (χ1) is 11.2. The van der Waals surface area contributed by atoms with Gasteiger partial charge in [0.05, 0.1) is 6.04 Å². The quantitative estimate of drug-likeness (QED) is 0.939. The molecule has 1 aromatic heterocycles. The van der Waals surface area contributed by atoms with Crippen molar-refractivity contribution in [3.05, 3.63) is 41.3 Å². The Balaban J connectivity index is 1.45. The van der Waals surface area contributed by atoms with Crippen molar-refractivity contribution < 1.29 is 18.8 Å². The van der Waals surface area contributed by atoms with E-state index in [0.717, 1.165) is 29.9 Å². The molecule has 0 spiro atoms. The number of rotatable bonds is 4. The number of ether oxygens (including phenoxy) is 2. The zero-order valence-electron chi connectivity index (χ0n) is 12.9. The summed E-state index contributed by atoms with van der Waals surface area (Å²) in [6.07, 6.45) is 2.23.